The minimum absolute atomic E-state index is 0.163. The van der Waals surface area contributed by atoms with Crippen molar-refractivity contribution >= 4 is 29.3 Å². The second-order valence-corrected chi connectivity index (χ2v) is 7.90. The molecule has 0 spiro atoms. The zero-order valence-corrected chi connectivity index (χ0v) is 19.6. The van der Waals surface area contributed by atoms with E-state index >= 15 is 0 Å². The number of hydrogen-bond donors (Lipinski definition) is 2. The van der Waals surface area contributed by atoms with Crippen LogP contribution in [0.5, 0.6) is 11.5 Å². The molecule has 0 saturated heterocycles. The van der Waals surface area contributed by atoms with E-state index in [1.807, 2.05) is 36.7 Å². The lowest BCUT2D eigenvalue weighted by atomic mass is 10.2. The van der Waals surface area contributed by atoms with Crippen molar-refractivity contribution in [1.82, 2.24) is 20.1 Å². The van der Waals surface area contributed by atoms with E-state index in [1.165, 1.54) is 11.8 Å². The maximum Gasteiger partial charge on any atom is 0.251 e. The fraction of sp³-hybridized carbons (Fsp3) is 0.304. The van der Waals surface area contributed by atoms with Gasteiger partial charge in [0.25, 0.3) is 5.91 Å². The van der Waals surface area contributed by atoms with Crippen LogP contribution >= 0.6 is 11.8 Å². The van der Waals surface area contributed by atoms with Crippen molar-refractivity contribution in [3.8, 4) is 11.5 Å². The van der Waals surface area contributed by atoms with E-state index in [-0.39, 0.29) is 17.6 Å². The summed E-state index contributed by atoms with van der Waals surface area (Å²) in [5.74, 6) is 1.90. The first-order chi connectivity index (χ1) is 16.0. The first-order valence-corrected chi connectivity index (χ1v) is 11.4. The molecule has 0 radical (unpaired) electrons. The topological polar surface area (TPSA) is 107 Å². The Morgan fingerprint density at radius 1 is 1.09 bits per heavy atom. The molecule has 2 amide bonds. The molecular formula is C23H27N5O4S. The summed E-state index contributed by atoms with van der Waals surface area (Å²) < 4.78 is 12.5. The third kappa shape index (κ3) is 6.72. The first-order valence-electron chi connectivity index (χ1n) is 10.5. The summed E-state index contributed by atoms with van der Waals surface area (Å²) in [6.45, 7) is 2.82. The number of para-hydroxylation sites is 2. The molecule has 1 heterocycles. The van der Waals surface area contributed by atoms with Gasteiger partial charge < -0.3 is 24.7 Å². The molecule has 2 N–H and O–H groups in total. The number of benzene rings is 2. The number of carbonyl (C=O) groups excluding carboxylic acids is 2. The minimum atomic E-state index is -0.168. The summed E-state index contributed by atoms with van der Waals surface area (Å²) in [6, 6.07) is 14.2. The van der Waals surface area contributed by atoms with Crippen molar-refractivity contribution < 1.29 is 19.1 Å². The molecule has 10 heteroatoms. The SMILES string of the molecule is CCOc1ccccc1NC(=O)CSc1nnc(CCNC(=O)c2ccc(OC)cc2)n1C. The van der Waals surface area contributed by atoms with Crippen LogP contribution in [0.2, 0.25) is 0 Å². The van der Waals surface area contributed by atoms with E-state index in [1.54, 1.807) is 37.4 Å². The van der Waals surface area contributed by atoms with Crippen molar-refractivity contribution in [1.29, 1.82) is 0 Å². The summed E-state index contributed by atoms with van der Waals surface area (Å²) in [4.78, 5) is 24.6. The zero-order chi connectivity index (χ0) is 23.6. The van der Waals surface area contributed by atoms with E-state index < -0.39 is 0 Å². The standard InChI is InChI=1S/C23H27N5O4S/c1-4-32-19-8-6-5-7-18(19)25-21(29)15-33-23-27-26-20(28(23)2)13-14-24-22(30)16-9-11-17(31-3)12-10-16/h5-12H,4,13-15H2,1-3H3,(H,24,30)(H,25,29). The van der Waals surface area contributed by atoms with Gasteiger partial charge in [0.05, 0.1) is 25.2 Å². The van der Waals surface area contributed by atoms with Gasteiger partial charge in [0.1, 0.15) is 17.3 Å². The van der Waals surface area contributed by atoms with Crippen molar-refractivity contribution in [2.75, 3.05) is 31.3 Å². The second-order valence-electron chi connectivity index (χ2n) is 6.96. The van der Waals surface area contributed by atoms with Gasteiger partial charge in [-0.1, -0.05) is 23.9 Å². The Balaban J connectivity index is 1.47. The molecule has 2 aromatic carbocycles. The van der Waals surface area contributed by atoms with Gasteiger partial charge in [0.15, 0.2) is 5.16 Å². The van der Waals surface area contributed by atoms with Gasteiger partial charge in [0.2, 0.25) is 5.91 Å². The molecule has 174 valence electrons. The fourth-order valence-electron chi connectivity index (χ4n) is 2.99. The van der Waals surface area contributed by atoms with E-state index in [9.17, 15) is 9.59 Å². The summed E-state index contributed by atoms with van der Waals surface area (Å²) >= 11 is 1.29. The summed E-state index contributed by atoms with van der Waals surface area (Å²) in [5, 5.41) is 14.7. The molecule has 0 bridgehead atoms. The molecule has 3 rings (SSSR count). The third-order valence-corrected chi connectivity index (χ3v) is 5.73. The maximum absolute atomic E-state index is 12.4. The predicted molar refractivity (Wildman–Crippen MR) is 127 cm³/mol. The number of anilines is 1. The quantitative estimate of drug-likeness (QED) is 0.416. The number of amides is 2. The summed E-state index contributed by atoms with van der Waals surface area (Å²) in [6.07, 6.45) is 0.514. The number of nitrogens with zero attached hydrogens (tertiary/aromatic N) is 3. The number of methoxy groups -OCH3 is 1. The molecule has 0 fully saturated rings. The van der Waals surface area contributed by atoms with Gasteiger partial charge in [-0.2, -0.15) is 0 Å². The monoisotopic (exact) mass is 469 g/mol. The fourth-order valence-corrected chi connectivity index (χ4v) is 3.72. The van der Waals surface area contributed by atoms with Crippen molar-refractivity contribution in [2.24, 2.45) is 7.05 Å². The first kappa shape index (κ1) is 24.1. The smallest absolute Gasteiger partial charge is 0.251 e. The van der Waals surface area contributed by atoms with E-state index in [0.717, 1.165) is 5.82 Å². The van der Waals surface area contributed by atoms with Crippen molar-refractivity contribution in [3.05, 3.63) is 59.9 Å². The average Bonchev–Trinajstić information content (AvgIpc) is 3.18. The van der Waals surface area contributed by atoms with Crippen LogP contribution in [-0.2, 0) is 18.3 Å². The predicted octanol–water partition coefficient (Wildman–Crippen LogP) is 2.93. The Hall–Kier alpha value is -3.53. The van der Waals surface area contributed by atoms with Crippen LogP contribution in [-0.4, -0.2) is 52.6 Å². The van der Waals surface area contributed by atoms with Crippen LogP contribution in [0, 0.1) is 0 Å². The molecule has 0 aliphatic rings. The van der Waals surface area contributed by atoms with Gasteiger partial charge in [-0.3, -0.25) is 9.59 Å². The van der Waals surface area contributed by atoms with Crippen molar-refractivity contribution in [3.63, 3.8) is 0 Å². The van der Waals surface area contributed by atoms with Gasteiger partial charge in [-0.05, 0) is 43.3 Å². The number of carbonyl (C=O) groups is 2. The average molecular weight is 470 g/mol. The largest absolute Gasteiger partial charge is 0.497 e. The number of thioether (sulfide) groups is 1. The van der Waals surface area contributed by atoms with Crippen LogP contribution in [0.25, 0.3) is 0 Å². The minimum Gasteiger partial charge on any atom is -0.497 e. The van der Waals surface area contributed by atoms with E-state index in [0.29, 0.717) is 47.5 Å². The molecule has 0 atom stereocenters. The second kappa shape index (κ2) is 11.9. The number of hydrogen-bond acceptors (Lipinski definition) is 7. The lowest BCUT2D eigenvalue weighted by Gasteiger charge is -2.11. The zero-order valence-electron chi connectivity index (χ0n) is 18.8. The van der Waals surface area contributed by atoms with Gasteiger partial charge in [0, 0.05) is 25.6 Å². The highest BCUT2D eigenvalue weighted by Gasteiger charge is 2.13. The molecular weight excluding hydrogens is 442 g/mol. The summed E-state index contributed by atoms with van der Waals surface area (Å²) in [5.41, 5.74) is 1.19. The van der Waals surface area contributed by atoms with Crippen LogP contribution < -0.4 is 20.1 Å². The highest BCUT2D eigenvalue weighted by Crippen LogP contribution is 2.24. The molecule has 0 aliphatic carbocycles. The number of rotatable bonds is 11. The lowest BCUT2D eigenvalue weighted by Crippen LogP contribution is -2.26. The Kier molecular flexibility index (Phi) is 8.71. The highest BCUT2D eigenvalue weighted by molar-refractivity contribution is 7.99. The normalized spacial score (nSPS) is 10.5. The Labute approximate surface area is 196 Å². The van der Waals surface area contributed by atoms with Crippen LogP contribution in [0.1, 0.15) is 23.1 Å². The molecule has 0 aliphatic heterocycles. The van der Waals surface area contributed by atoms with Gasteiger partial charge in [-0.15, -0.1) is 10.2 Å². The number of aromatic nitrogens is 3. The van der Waals surface area contributed by atoms with Crippen LogP contribution in [0.15, 0.2) is 53.7 Å². The number of ether oxygens (including phenoxy) is 2. The van der Waals surface area contributed by atoms with Gasteiger partial charge >= 0.3 is 0 Å². The molecule has 0 saturated carbocycles. The molecule has 9 nitrogen and oxygen atoms in total. The molecule has 3 aromatic rings. The van der Waals surface area contributed by atoms with Crippen LogP contribution in [0.3, 0.4) is 0 Å². The maximum atomic E-state index is 12.4. The van der Waals surface area contributed by atoms with Crippen molar-refractivity contribution in [2.45, 2.75) is 18.5 Å². The molecule has 1 aromatic heterocycles. The Morgan fingerprint density at radius 2 is 1.85 bits per heavy atom. The van der Waals surface area contributed by atoms with Crippen LogP contribution in [0.4, 0.5) is 5.69 Å². The molecule has 33 heavy (non-hydrogen) atoms. The Morgan fingerprint density at radius 3 is 2.58 bits per heavy atom. The third-order valence-electron chi connectivity index (χ3n) is 4.70. The Bertz CT molecular complexity index is 1080. The summed E-state index contributed by atoms with van der Waals surface area (Å²) in [7, 11) is 3.42. The highest BCUT2D eigenvalue weighted by atomic mass is 32.2. The number of nitrogens with one attached hydrogen (secondary N) is 2. The van der Waals surface area contributed by atoms with E-state index in [4.69, 9.17) is 9.47 Å². The molecule has 0 unspecified atom stereocenters. The lowest BCUT2D eigenvalue weighted by molar-refractivity contribution is -0.113. The van der Waals surface area contributed by atoms with E-state index in [2.05, 4.69) is 20.8 Å². The van der Waals surface area contributed by atoms with Gasteiger partial charge in [-0.25, -0.2) is 0 Å².